The van der Waals surface area contributed by atoms with Gasteiger partial charge in [0, 0.05) is 0 Å². The molecule has 2 unspecified atom stereocenters. The molecule has 1 aliphatic carbocycles. The molecular formula is C13H15BF6I2NO3. The van der Waals surface area contributed by atoms with Crippen molar-refractivity contribution < 1.29 is 41.0 Å². The molecule has 2 atom stereocenters. The van der Waals surface area contributed by atoms with E-state index in [9.17, 15) is 36.2 Å². The van der Waals surface area contributed by atoms with Gasteiger partial charge in [-0.25, -0.2) is 0 Å². The van der Waals surface area contributed by atoms with Gasteiger partial charge in [0.25, 0.3) is 0 Å². The number of ether oxygens (including phenoxy) is 1. The molecule has 0 bridgehead atoms. The average molecular weight is 612 g/mol. The summed E-state index contributed by atoms with van der Waals surface area (Å²) in [6.45, 7) is 1.43. The molecule has 0 aromatic carbocycles. The van der Waals surface area contributed by atoms with Crippen molar-refractivity contribution in [3.63, 3.8) is 0 Å². The number of fused-ring (bicyclic) bond motifs is 1. The first-order valence-electron chi connectivity index (χ1n) is 7.75. The molecule has 3 aliphatic rings. The number of hydrogen-bond acceptors (Lipinski definition) is 4. The molecule has 0 amide bonds. The molecule has 26 heavy (non-hydrogen) atoms. The predicted octanol–water partition coefficient (Wildman–Crippen LogP) is 3.59. The first kappa shape index (κ1) is 21.2. The normalized spacial score (nSPS) is 31.3. The summed E-state index contributed by atoms with van der Waals surface area (Å²) in [6.07, 6.45) is -13.1. The van der Waals surface area contributed by atoms with E-state index >= 15 is 0 Å². The van der Waals surface area contributed by atoms with Gasteiger partial charge < -0.3 is 0 Å². The van der Waals surface area contributed by atoms with E-state index < -0.39 is 69.1 Å². The molecule has 3 fully saturated rings. The van der Waals surface area contributed by atoms with E-state index in [-0.39, 0.29) is 12.8 Å². The average Bonchev–Trinajstić information content (AvgIpc) is 3.34. The summed E-state index contributed by atoms with van der Waals surface area (Å²) in [6, 6.07) is 0. The second-order valence-corrected chi connectivity index (χ2v) is 13.7. The Kier molecular flexibility index (Phi) is 4.89. The molecule has 4 nitrogen and oxygen atoms in total. The summed E-state index contributed by atoms with van der Waals surface area (Å²) in [4.78, 5) is 12.6. The summed E-state index contributed by atoms with van der Waals surface area (Å²) in [5, 5.41) is 11.8. The van der Waals surface area contributed by atoms with Gasteiger partial charge in [0.2, 0.25) is 0 Å². The second kappa shape index (κ2) is 6.00. The van der Waals surface area contributed by atoms with Crippen molar-refractivity contribution in [1.29, 1.82) is 0 Å². The Labute approximate surface area is 167 Å². The SMILES string of the molecule is CC(I)(C(=O)OC1(C(O)(C(F)(F)F)C(F)(F)F)CCCCC1)C12[B]I1N2. The second-order valence-electron chi connectivity index (χ2n) is 6.88. The van der Waals surface area contributed by atoms with Gasteiger partial charge >= 0.3 is 168 Å². The van der Waals surface area contributed by atoms with Crippen molar-refractivity contribution >= 4 is 53.6 Å². The molecule has 2 saturated heterocycles. The molecular weight excluding hydrogens is 597 g/mol. The van der Waals surface area contributed by atoms with Crippen LogP contribution in [0.4, 0.5) is 26.3 Å². The predicted molar refractivity (Wildman–Crippen MR) is 97.0 cm³/mol. The van der Waals surface area contributed by atoms with E-state index in [0.29, 0.717) is 6.42 Å². The van der Waals surface area contributed by atoms with E-state index in [1.165, 1.54) is 6.92 Å². The van der Waals surface area contributed by atoms with Crippen molar-refractivity contribution in [2.45, 2.75) is 69.4 Å². The van der Waals surface area contributed by atoms with Crippen LogP contribution in [0.25, 0.3) is 0 Å². The number of rotatable bonds is 4. The molecule has 149 valence electrons. The van der Waals surface area contributed by atoms with Gasteiger partial charge in [-0.15, -0.1) is 0 Å². The van der Waals surface area contributed by atoms with Crippen LogP contribution in [0.5, 0.6) is 0 Å². The van der Waals surface area contributed by atoms with Crippen LogP contribution >= 0.6 is 42.5 Å². The van der Waals surface area contributed by atoms with Crippen molar-refractivity contribution in [2.75, 3.05) is 0 Å². The third-order valence-electron chi connectivity index (χ3n) is 5.23. The molecule has 0 aromatic rings. The van der Waals surface area contributed by atoms with Crippen LogP contribution < -0.4 is 3.53 Å². The van der Waals surface area contributed by atoms with Crippen LogP contribution in [0, 0.1) is 0 Å². The Morgan fingerprint density at radius 1 is 1.15 bits per heavy atom. The topological polar surface area (TPSA) is 68.5 Å². The van der Waals surface area contributed by atoms with Crippen LogP contribution in [-0.4, -0.2) is 46.6 Å². The van der Waals surface area contributed by atoms with Gasteiger partial charge in [0.15, 0.2) is 0 Å². The third kappa shape index (κ3) is 2.80. The Bertz CT molecular complexity index is 600. The number of esters is 1. The van der Waals surface area contributed by atoms with Gasteiger partial charge in [-0.3, -0.25) is 0 Å². The number of halogens is 8. The van der Waals surface area contributed by atoms with Crippen LogP contribution in [-0.2, 0) is 9.53 Å². The first-order valence-corrected chi connectivity index (χ1v) is 12.2. The van der Waals surface area contributed by atoms with Crippen molar-refractivity contribution in [3.05, 3.63) is 0 Å². The minimum absolute atomic E-state index is 0.00623. The van der Waals surface area contributed by atoms with E-state index in [4.69, 9.17) is 4.74 Å². The van der Waals surface area contributed by atoms with E-state index in [1.54, 1.807) is 22.6 Å². The Morgan fingerprint density at radius 2 is 1.58 bits per heavy atom. The third-order valence-corrected chi connectivity index (χ3v) is 12.8. The van der Waals surface area contributed by atoms with Gasteiger partial charge in [-0.05, 0) is 0 Å². The van der Waals surface area contributed by atoms with Gasteiger partial charge in [-0.1, -0.05) is 0 Å². The fraction of sp³-hybridized carbons (Fsp3) is 0.923. The number of nitrogens with one attached hydrogen (secondary N) is 1. The molecule has 1 radical (unpaired) electrons. The molecule has 2 heterocycles. The van der Waals surface area contributed by atoms with Gasteiger partial charge in [0.1, 0.15) is 0 Å². The number of carbonyl (C=O) groups excluding carboxylic acids is 1. The summed E-state index contributed by atoms with van der Waals surface area (Å²) in [5.41, 5.74) is -8.19. The van der Waals surface area contributed by atoms with Gasteiger partial charge in [-0.2, -0.15) is 0 Å². The molecule has 0 spiro atoms. The van der Waals surface area contributed by atoms with E-state index in [1.807, 2.05) is 5.14 Å². The Balaban J connectivity index is 1.99. The zero-order valence-electron chi connectivity index (χ0n) is 13.4. The van der Waals surface area contributed by atoms with Crippen LogP contribution in [0.1, 0.15) is 39.0 Å². The summed E-state index contributed by atoms with van der Waals surface area (Å²) in [5.74, 6) is -1.16. The first-order chi connectivity index (χ1) is 11.6. The molecule has 0 aromatic heterocycles. The fourth-order valence-electron chi connectivity index (χ4n) is 3.40. The van der Waals surface area contributed by atoms with Crippen molar-refractivity contribution in [3.8, 4) is 0 Å². The van der Waals surface area contributed by atoms with Crippen molar-refractivity contribution in [1.82, 2.24) is 3.53 Å². The van der Waals surface area contributed by atoms with Crippen LogP contribution in [0.15, 0.2) is 0 Å². The van der Waals surface area contributed by atoms with E-state index in [2.05, 4.69) is 3.53 Å². The monoisotopic (exact) mass is 612 g/mol. The van der Waals surface area contributed by atoms with Crippen molar-refractivity contribution in [2.24, 2.45) is 0 Å². The minimum atomic E-state index is -6.04. The molecule has 3 rings (SSSR count). The van der Waals surface area contributed by atoms with Crippen LogP contribution in [0.3, 0.4) is 0 Å². The van der Waals surface area contributed by atoms with E-state index in [0.717, 1.165) is 0 Å². The van der Waals surface area contributed by atoms with Gasteiger partial charge in [0.05, 0.1) is 0 Å². The maximum absolute atomic E-state index is 13.5. The molecule has 2 N–H and O–H groups in total. The fourth-order valence-corrected chi connectivity index (χ4v) is 11.9. The summed E-state index contributed by atoms with van der Waals surface area (Å²) < 4.78 is 86.9. The zero-order valence-corrected chi connectivity index (χ0v) is 17.7. The zero-order chi connectivity index (χ0) is 19.8. The van der Waals surface area contributed by atoms with Crippen LogP contribution in [0.2, 0.25) is 0 Å². The molecule has 2 aliphatic heterocycles. The summed E-state index contributed by atoms with van der Waals surface area (Å²) >= 11 is 0.125. The molecule has 13 heteroatoms. The Hall–Kier alpha value is 0.495. The number of carbonyl (C=O) groups is 1. The number of hydrogen-bond donors (Lipinski definition) is 2. The Morgan fingerprint density at radius 3 is 1.92 bits per heavy atom. The summed E-state index contributed by atoms with van der Waals surface area (Å²) in [7, 11) is 0. The number of alkyl halides is 8. The number of aliphatic hydroxyl groups is 1. The quantitative estimate of drug-likeness (QED) is 0.0746. The maximum atomic E-state index is 13.5. The molecule has 1 saturated carbocycles. The standard InChI is InChI=1S/C13H15BF6I2NO3/c1-8(21,11-14-22(11)23-11)7(24)26-9(5-3-2-4-6-9)10(25,12(15,16)17)13(18,19)20/h23,25H,2-6H2,1H3.